The molecule has 3 rings (SSSR count). The van der Waals surface area contributed by atoms with E-state index in [2.05, 4.69) is 25.6 Å². The van der Waals surface area contributed by atoms with Gasteiger partial charge in [0.25, 0.3) is 0 Å². The van der Waals surface area contributed by atoms with Crippen molar-refractivity contribution in [2.45, 2.75) is 0 Å². The number of rotatable bonds is 2. The van der Waals surface area contributed by atoms with Crippen molar-refractivity contribution < 1.29 is 4.52 Å². The van der Waals surface area contributed by atoms with Crippen molar-refractivity contribution in [2.75, 3.05) is 5.73 Å². The number of anilines is 1. The van der Waals surface area contributed by atoms with Crippen LogP contribution >= 0.6 is 0 Å². The van der Waals surface area contributed by atoms with Gasteiger partial charge < -0.3 is 10.3 Å². The second-order valence-corrected chi connectivity index (χ2v) is 3.37. The third-order valence-electron chi connectivity index (χ3n) is 2.32. The molecule has 0 unspecified atom stereocenters. The van der Waals surface area contributed by atoms with Gasteiger partial charge in [-0.1, -0.05) is 11.2 Å². The molecule has 0 aliphatic heterocycles. The van der Waals surface area contributed by atoms with Crippen LogP contribution in [0.3, 0.4) is 0 Å². The van der Waals surface area contributed by atoms with E-state index in [4.69, 9.17) is 10.3 Å². The number of nitrogen functional groups attached to an aromatic ring is 1. The molecule has 0 fully saturated rings. The summed E-state index contributed by atoms with van der Waals surface area (Å²) < 4.78 is 5.17. The second-order valence-electron chi connectivity index (χ2n) is 3.37. The molecule has 84 valence electrons. The Kier molecular flexibility index (Phi) is 2.08. The molecule has 3 N–H and O–H groups in total. The fourth-order valence-electron chi connectivity index (χ4n) is 1.58. The van der Waals surface area contributed by atoms with Crippen molar-refractivity contribution in [3.63, 3.8) is 0 Å². The predicted molar refractivity (Wildman–Crippen MR) is 59.5 cm³/mol. The highest BCUT2D eigenvalue weighted by molar-refractivity contribution is 5.84. The normalized spacial score (nSPS) is 10.6. The SMILES string of the molecule is Nc1noc(-c2cn[nH]n2)c1-c1cccnc1. The Morgan fingerprint density at radius 3 is 2.94 bits per heavy atom. The van der Waals surface area contributed by atoms with E-state index in [1.807, 2.05) is 12.1 Å². The molecular formula is C10H8N6O. The van der Waals surface area contributed by atoms with Gasteiger partial charge in [0, 0.05) is 18.0 Å². The molecule has 0 atom stereocenters. The molecule has 7 nitrogen and oxygen atoms in total. The zero-order valence-electron chi connectivity index (χ0n) is 8.66. The van der Waals surface area contributed by atoms with E-state index in [1.54, 1.807) is 18.6 Å². The molecule has 0 radical (unpaired) electrons. The van der Waals surface area contributed by atoms with Crippen LogP contribution in [0, 0.1) is 0 Å². The van der Waals surface area contributed by atoms with Gasteiger partial charge in [-0.3, -0.25) is 4.98 Å². The van der Waals surface area contributed by atoms with Crippen LogP contribution in [-0.2, 0) is 0 Å². The third kappa shape index (κ3) is 1.53. The molecule has 3 heterocycles. The summed E-state index contributed by atoms with van der Waals surface area (Å²) in [7, 11) is 0. The van der Waals surface area contributed by atoms with Crippen LogP contribution in [-0.4, -0.2) is 25.6 Å². The maximum atomic E-state index is 5.79. The molecular weight excluding hydrogens is 220 g/mol. The van der Waals surface area contributed by atoms with Crippen LogP contribution in [0.5, 0.6) is 0 Å². The standard InChI is InChI=1S/C10H8N6O/c11-10-8(6-2-1-3-12-4-6)9(17-15-10)7-5-13-16-14-7/h1-5H,(H2,11,15)(H,13,14,16). The summed E-state index contributed by atoms with van der Waals surface area (Å²) in [6, 6.07) is 3.69. The lowest BCUT2D eigenvalue weighted by Gasteiger charge is -1.98. The first-order chi connectivity index (χ1) is 8.36. The van der Waals surface area contributed by atoms with Gasteiger partial charge in [-0.25, -0.2) is 0 Å². The van der Waals surface area contributed by atoms with Crippen LogP contribution in [0.25, 0.3) is 22.6 Å². The first-order valence-electron chi connectivity index (χ1n) is 4.88. The van der Waals surface area contributed by atoms with Gasteiger partial charge >= 0.3 is 0 Å². The maximum absolute atomic E-state index is 5.79. The summed E-state index contributed by atoms with van der Waals surface area (Å²) >= 11 is 0. The fourth-order valence-corrected chi connectivity index (χ4v) is 1.58. The van der Waals surface area contributed by atoms with E-state index in [0.717, 1.165) is 5.56 Å². The van der Waals surface area contributed by atoms with Crippen molar-refractivity contribution in [3.05, 3.63) is 30.7 Å². The van der Waals surface area contributed by atoms with Gasteiger partial charge in [0.2, 0.25) is 0 Å². The zero-order valence-corrected chi connectivity index (χ0v) is 8.66. The minimum atomic E-state index is 0.302. The summed E-state index contributed by atoms with van der Waals surface area (Å²) in [6.07, 6.45) is 4.91. The van der Waals surface area contributed by atoms with Crippen LogP contribution < -0.4 is 5.73 Å². The topological polar surface area (TPSA) is 107 Å². The van der Waals surface area contributed by atoms with Crippen LogP contribution in [0.15, 0.2) is 35.2 Å². The maximum Gasteiger partial charge on any atom is 0.198 e. The summed E-state index contributed by atoms with van der Waals surface area (Å²) in [4.78, 5) is 4.04. The van der Waals surface area contributed by atoms with Gasteiger partial charge in [-0.2, -0.15) is 15.4 Å². The van der Waals surface area contributed by atoms with E-state index in [-0.39, 0.29) is 0 Å². The number of nitrogens with zero attached hydrogens (tertiary/aromatic N) is 4. The number of nitrogens with one attached hydrogen (secondary N) is 1. The molecule has 17 heavy (non-hydrogen) atoms. The van der Waals surface area contributed by atoms with E-state index in [9.17, 15) is 0 Å². The second kappa shape index (κ2) is 3.71. The average molecular weight is 228 g/mol. The van der Waals surface area contributed by atoms with Crippen LogP contribution in [0.2, 0.25) is 0 Å². The first kappa shape index (κ1) is 9.52. The Balaban J connectivity index is 2.20. The summed E-state index contributed by atoms with van der Waals surface area (Å²) in [6.45, 7) is 0. The lowest BCUT2D eigenvalue weighted by atomic mass is 10.1. The summed E-state index contributed by atoms with van der Waals surface area (Å²) in [5.41, 5.74) is 7.83. The van der Waals surface area contributed by atoms with E-state index in [1.165, 1.54) is 0 Å². The highest BCUT2D eigenvalue weighted by atomic mass is 16.5. The Hall–Kier alpha value is -2.70. The lowest BCUT2D eigenvalue weighted by Crippen LogP contribution is -1.89. The number of aromatic nitrogens is 5. The highest BCUT2D eigenvalue weighted by Crippen LogP contribution is 2.34. The Morgan fingerprint density at radius 2 is 2.24 bits per heavy atom. The van der Waals surface area contributed by atoms with Crippen molar-refractivity contribution in [2.24, 2.45) is 0 Å². The molecule has 0 saturated heterocycles. The van der Waals surface area contributed by atoms with E-state index < -0.39 is 0 Å². The Bertz CT molecular complexity index is 616. The molecule has 0 amide bonds. The van der Waals surface area contributed by atoms with Crippen molar-refractivity contribution in [1.82, 2.24) is 25.6 Å². The minimum Gasteiger partial charge on any atom is -0.380 e. The Labute approximate surface area is 95.7 Å². The van der Waals surface area contributed by atoms with Crippen molar-refractivity contribution in [1.29, 1.82) is 0 Å². The van der Waals surface area contributed by atoms with Gasteiger partial charge in [-0.15, -0.1) is 0 Å². The van der Waals surface area contributed by atoms with Gasteiger partial charge in [0.1, 0.15) is 0 Å². The average Bonchev–Trinajstić information content (AvgIpc) is 2.98. The lowest BCUT2D eigenvalue weighted by molar-refractivity contribution is 0.434. The molecule has 0 aliphatic carbocycles. The highest BCUT2D eigenvalue weighted by Gasteiger charge is 2.19. The Morgan fingerprint density at radius 1 is 1.29 bits per heavy atom. The molecule has 3 aromatic heterocycles. The number of H-pyrrole nitrogens is 1. The van der Waals surface area contributed by atoms with E-state index >= 15 is 0 Å². The van der Waals surface area contributed by atoms with Crippen LogP contribution in [0.1, 0.15) is 0 Å². The number of hydrogen-bond acceptors (Lipinski definition) is 6. The quantitative estimate of drug-likeness (QED) is 0.680. The van der Waals surface area contributed by atoms with E-state index in [0.29, 0.717) is 22.8 Å². The third-order valence-corrected chi connectivity index (χ3v) is 2.32. The number of hydrogen-bond donors (Lipinski definition) is 2. The monoisotopic (exact) mass is 228 g/mol. The van der Waals surface area contributed by atoms with Crippen LogP contribution in [0.4, 0.5) is 5.82 Å². The minimum absolute atomic E-state index is 0.302. The van der Waals surface area contributed by atoms with Crippen molar-refractivity contribution >= 4 is 5.82 Å². The van der Waals surface area contributed by atoms with Gasteiger partial charge in [0.05, 0.1) is 11.8 Å². The smallest absolute Gasteiger partial charge is 0.198 e. The largest absolute Gasteiger partial charge is 0.380 e. The first-order valence-corrected chi connectivity index (χ1v) is 4.88. The van der Waals surface area contributed by atoms with Gasteiger partial charge in [0.15, 0.2) is 17.3 Å². The summed E-state index contributed by atoms with van der Waals surface area (Å²) in [5, 5.41) is 13.9. The van der Waals surface area contributed by atoms with Gasteiger partial charge in [-0.05, 0) is 6.07 Å². The fraction of sp³-hybridized carbons (Fsp3) is 0. The predicted octanol–water partition coefficient (Wildman–Crippen LogP) is 1.10. The number of aromatic amines is 1. The molecule has 0 spiro atoms. The molecule has 3 aromatic rings. The zero-order chi connectivity index (χ0) is 11.7. The number of pyridine rings is 1. The molecule has 0 bridgehead atoms. The molecule has 0 aliphatic rings. The molecule has 7 heteroatoms. The summed E-state index contributed by atoms with van der Waals surface area (Å²) in [5.74, 6) is 0.778. The molecule has 0 aromatic carbocycles. The van der Waals surface area contributed by atoms with Crippen molar-refractivity contribution in [3.8, 4) is 22.6 Å². The number of nitrogens with two attached hydrogens (primary N) is 1. The molecule has 0 saturated carbocycles.